The maximum absolute atomic E-state index is 11.8. The number of benzene rings is 1. The largest absolute Gasteiger partial charge is 0.444 e. The lowest BCUT2D eigenvalue weighted by Crippen LogP contribution is -2.32. The van der Waals surface area contributed by atoms with Crippen molar-refractivity contribution < 1.29 is 9.53 Å². The van der Waals surface area contributed by atoms with Crippen LogP contribution in [0.5, 0.6) is 0 Å². The molecule has 0 aliphatic carbocycles. The third-order valence-corrected chi connectivity index (χ3v) is 4.73. The molecule has 25 heavy (non-hydrogen) atoms. The lowest BCUT2D eigenvalue weighted by Gasteiger charge is -2.20. The second-order valence-electron chi connectivity index (χ2n) is 7.10. The van der Waals surface area contributed by atoms with Crippen LogP contribution in [0.15, 0.2) is 24.3 Å². The Labute approximate surface area is 153 Å². The molecule has 1 unspecified atom stereocenters. The van der Waals surface area contributed by atoms with E-state index < -0.39 is 11.7 Å². The first kappa shape index (κ1) is 19.2. The summed E-state index contributed by atoms with van der Waals surface area (Å²) in [5, 5.41) is 7.37. The summed E-state index contributed by atoms with van der Waals surface area (Å²) < 4.78 is 5.26. The molecule has 0 saturated carbocycles. The van der Waals surface area contributed by atoms with Crippen molar-refractivity contribution in [1.29, 1.82) is 0 Å². The Balaban J connectivity index is 1.97. The molecule has 5 nitrogen and oxygen atoms in total. The summed E-state index contributed by atoms with van der Waals surface area (Å²) in [5.41, 5.74) is 2.61. The zero-order valence-electron chi connectivity index (χ0n) is 15.8. The number of aryl methyl sites for hydroxylation is 2. The van der Waals surface area contributed by atoms with Crippen molar-refractivity contribution in [2.75, 3.05) is 5.32 Å². The van der Waals surface area contributed by atoms with Crippen LogP contribution in [-0.4, -0.2) is 16.7 Å². The number of nitrogens with zero attached hydrogens (tertiary/aromatic N) is 1. The first-order chi connectivity index (χ1) is 11.6. The zero-order chi connectivity index (χ0) is 18.6. The quantitative estimate of drug-likeness (QED) is 0.790. The maximum atomic E-state index is 11.8. The average Bonchev–Trinajstić information content (AvgIpc) is 2.83. The fourth-order valence-electron chi connectivity index (χ4n) is 2.52. The number of ether oxygens (including phenoxy) is 1. The molecule has 0 bridgehead atoms. The van der Waals surface area contributed by atoms with Gasteiger partial charge in [0.1, 0.15) is 5.60 Å². The molecule has 2 rings (SSSR count). The molecule has 1 atom stereocenters. The number of thiazole rings is 1. The summed E-state index contributed by atoms with van der Waals surface area (Å²) in [4.78, 5) is 17.5. The molecule has 0 fully saturated rings. The molecule has 2 aromatic rings. The van der Waals surface area contributed by atoms with E-state index in [2.05, 4.69) is 22.5 Å². The van der Waals surface area contributed by atoms with E-state index in [-0.39, 0.29) is 6.04 Å². The number of anilines is 1. The van der Waals surface area contributed by atoms with Crippen LogP contribution in [0.1, 0.15) is 54.9 Å². The molecular formula is C19H27N3O2S. The first-order valence-electron chi connectivity index (χ1n) is 8.40. The highest BCUT2D eigenvalue weighted by molar-refractivity contribution is 7.11. The third-order valence-electron chi connectivity index (χ3n) is 3.48. The Bertz CT molecular complexity index is 735. The highest BCUT2D eigenvalue weighted by Crippen LogP contribution is 2.27. The lowest BCUT2D eigenvalue weighted by atomic mass is 10.1. The minimum Gasteiger partial charge on any atom is -0.444 e. The number of rotatable bonds is 5. The average molecular weight is 362 g/mol. The predicted octanol–water partition coefficient (Wildman–Crippen LogP) is 4.96. The fraction of sp³-hybridized carbons (Fsp3) is 0.474. The lowest BCUT2D eigenvalue weighted by molar-refractivity contribution is 0.0523. The summed E-state index contributed by atoms with van der Waals surface area (Å²) in [6.07, 6.45) is -0.407. The van der Waals surface area contributed by atoms with E-state index in [9.17, 15) is 4.79 Å². The minimum atomic E-state index is -0.492. The molecule has 1 aromatic heterocycles. The van der Waals surface area contributed by atoms with Gasteiger partial charge in [0, 0.05) is 17.1 Å². The van der Waals surface area contributed by atoms with Gasteiger partial charge in [0.25, 0.3) is 0 Å². The van der Waals surface area contributed by atoms with Gasteiger partial charge in [0.2, 0.25) is 0 Å². The maximum Gasteiger partial charge on any atom is 0.407 e. The monoisotopic (exact) mass is 361 g/mol. The Morgan fingerprint density at radius 1 is 1.32 bits per heavy atom. The van der Waals surface area contributed by atoms with Crippen LogP contribution in [0.3, 0.4) is 0 Å². The number of hydrogen-bond acceptors (Lipinski definition) is 5. The normalized spacial score (nSPS) is 12.6. The summed E-state index contributed by atoms with van der Waals surface area (Å²) in [5.74, 6) is 0. The standard InChI is InChI=1S/C19H27N3O2S/c1-12-17(25-14(3)21-12)13(2)22-16-9-7-8-15(10-16)11-20-18(23)24-19(4,5)6/h7-10,13,22H,11H2,1-6H3,(H,20,23). The first-order valence-corrected chi connectivity index (χ1v) is 9.22. The van der Waals surface area contributed by atoms with Gasteiger partial charge in [-0.3, -0.25) is 0 Å². The van der Waals surface area contributed by atoms with Gasteiger partial charge < -0.3 is 15.4 Å². The molecule has 2 N–H and O–H groups in total. The molecule has 6 heteroatoms. The van der Waals surface area contributed by atoms with Gasteiger partial charge in [-0.1, -0.05) is 12.1 Å². The van der Waals surface area contributed by atoms with E-state index in [0.717, 1.165) is 22.0 Å². The van der Waals surface area contributed by atoms with Crippen LogP contribution in [-0.2, 0) is 11.3 Å². The van der Waals surface area contributed by atoms with E-state index in [1.165, 1.54) is 4.88 Å². The number of amides is 1. The van der Waals surface area contributed by atoms with Crippen LogP contribution in [0, 0.1) is 13.8 Å². The Hall–Kier alpha value is -2.08. The van der Waals surface area contributed by atoms with E-state index >= 15 is 0 Å². The van der Waals surface area contributed by atoms with Gasteiger partial charge in [-0.05, 0) is 59.2 Å². The minimum absolute atomic E-state index is 0.181. The van der Waals surface area contributed by atoms with Crippen molar-refractivity contribution in [3.8, 4) is 0 Å². The Morgan fingerprint density at radius 2 is 2.04 bits per heavy atom. The van der Waals surface area contributed by atoms with E-state index in [1.54, 1.807) is 11.3 Å². The smallest absolute Gasteiger partial charge is 0.407 e. The summed E-state index contributed by atoms with van der Waals surface area (Å²) in [6, 6.07) is 8.20. The SMILES string of the molecule is Cc1nc(C)c(C(C)Nc2cccc(CNC(=O)OC(C)(C)C)c2)s1. The van der Waals surface area contributed by atoms with Crippen molar-refractivity contribution in [3.63, 3.8) is 0 Å². The van der Waals surface area contributed by atoms with Crippen LogP contribution >= 0.6 is 11.3 Å². The van der Waals surface area contributed by atoms with E-state index in [0.29, 0.717) is 6.54 Å². The Morgan fingerprint density at radius 3 is 2.64 bits per heavy atom. The van der Waals surface area contributed by atoms with Crippen molar-refractivity contribution in [1.82, 2.24) is 10.3 Å². The van der Waals surface area contributed by atoms with Crippen LogP contribution in [0.25, 0.3) is 0 Å². The summed E-state index contributed by atoms with van der Waals surface area (Å²) >= 11 is 1.72. The fourth-order valence-corrected chi connectivity index (χ4v) is 3.45. The van der Waals surface area contributed by atoms with Crippen molar-refractivity contribution in [2.45, 2.75) is 59.7 Å². The number of hydrogen-bond donors (Lipinski definition) is 2. The van der Waals surface area contributed by atoms with Gasteiger partial charge in [-0.2, -0.15) is 0 Å². The Kier molecular flexibility index (Phi) is 6.06. The molecule has 0 radical (unpaired) electrons. The van der Waals surface area contributed by atoms with Crippen molar-refractivity contribution in [2.24, 2.45) is 0 Å². The number of alkyl carbamates (subject to hydrolysis) is 1. The van der Waals surface area contributed by atoms with E-state index in [4.69, 9.17) is 4.74 Å². The van der Waals surface area contributed by atoms with Crippen molar-refractivity contribution >= 4 is 23.1 Å². The topological polar surface area (TPSA) is 63.2 Å². The highest BCUT2D eigenvalue weighted by atomic mass is 32.1. The van der Waals surface area contributed by atoms with Gasteiger partial charge >= 0.3 is 6.09 Å². The van der Waals surface area contributed by atoms with E-state index in [1.807, 2.05) is 58.9 Å². The molecule has 0 spiro atoms. The van der Waals surface area contributed by atoms with Gasteiger partial charge in [0.15, 0.2) is 0 Å². The van der Waals surface area contributed by atoms with Crippen LogP contribution in [0.4, 0.5) is 10.5 Å². The number of aromatic nitrogens is 1. The predicted molar refractivity (Wildman–Crippen MR) is 103 cm³/mol. The van der Waals surface area contributed by atoms with Crippen LogP contribution < -0.4 is 10.6 Å². The second kappa shape index (κ2) is 7.87. The number of carbonyl (C=O) groups excluding carboxylic acids is 1. The molecule has 1 amide bonds. The third kappa shape index (κ3) is 6.05. The molecule has 0 saturated heterocycles. The van der Waals surface area contributed by atoms with Crippen molar-refractivity contribution in [3.05, 3.63) is 45.4 Å². The molecule has 1 heterocycles. The molecular weight excluding hydrogens is 334 g/mol. The summed E-state index contributed by atoms with van der Waals surface area (Å²) in [7, 11) is 0. The van der Waals surface area contributed by atoms with Gasteiger partial charge in [-0.25, -0.2) is 9.78 Å². The second-order valence-corrected chi connectivity index (χ2v) is 8.34. The molecule has 1 aromatic carbocycles. The van der Waals surface area contributed by atoms with Gasteiger partial charge in [0.05, 0.1) is 16.7 Å². The number of nitrogens with one attached hydrogen (secondary N) is 2. The molecule has 136 valence electrons. The summed E-state index contributed by atoms with van der Waals surface area (Å²) in [6.45, 7) is 12.2. The molecule has 0 aliphatic heterocycles. The van der Waals surface area contributed by atoms with Crippen LogP contribution in [0.2, 0.25) is 0 Å². The zero-order valence-corrected chi connectivity index (χ0v) is 16.6. The number of carbonyl (C=O) groups is 1. The molecule has 0 aliphatic rings. The van der Waals surface area contributed by atoms with Gasteiger partial charge in [-0.15, -0.1) is 11.3 Å². The highest BCUT2D eigenvalue weighted by Gasteiger charge is 2.16.